The molecule has 1 aliphatic rings. The molecular formula is C17H22O6S. The average molecular weight is 354 g/mol. The monoisotopic (exact) mass is 354 g/mol. The van der Waals surface area contributed by atoms with Gasteiger partial charge in [0.1, 0.15) is 0 Å². The molecule has 1 heterocycles. The minimum Gasteiger partial charge on any atom is -0.467 e. The number of rotatable bonds is 4. The molecule has 7 heteroatoms. The van der Waals surface area contributed by atoms with E-state index in [-0.39, 0.29) is 10.8 Å². The highest BCUT2D eigenvalue weighted by Gasteiger charge is 2.43. The molecule has 0 amide bonds. The van der Waals surface area contributed by atoms with Crippen molar-refractivity contribution >= 4 is 15.8 Å². The van der Waals surface area contributed by atoms with Gasteiger partial charge in [-0.3, -0.25) is 0 Å². The molecule has 0 aliphatic carbocycles. The molecule has 0 radical (unpaired) electrons. The second-order valence-electron chi connectivity index (χ2n) is 5.94. The zero-order valence-corrected chi connectivity index (χ0v) is 14.6. The molecule has 1 aromatic carbocycles. The normalized spacial score (nSPS) is 31.1. The van der Waals surface area contributed by atoms with E-state index < -0.39 is 40.0 Å². The number of aliphatic hydroxyl groups is 1. The van der Waals surface area contributed by atoms with Crippen molar-refractivity contribution in [2.24, 2.45) is 11.8 Å². The summed E-state index contributed by atoms with van der Waals surface area (Å²) in [7, 11) is -2.37. The second kappa shape index (κ2) is 7.46. The van der Waals surface area contributed by atoms with Gasteiger partial charge in [-0.25, -0.2) is 13.2 Å². The number of carbonyl (C=O) groups is 1. The lowest BCUT2D eigenvalue weighted by Gasteiger charge is -2.40. The van der Waals surface area contributed by atoms with Gasteiger partial charge in [0.15, 0.2) is 15.9 Å². The number of carbonyl (C=O) groups excluding carboxylic acids is 1. The fourth-order valence-corrected chi connectivity index (χ4v) is 3.80. The topological polar surface area (TPSA) is 89.9 Å². The number of ether oxygens (including phenoxy) is 2. The maximum Gasteiger partial charge on any atom is 0.335 e. The highest BCUT2D eigenvalue weighted by molar-refractivity contribution is 7.94. The smallest absolute Gasteiger partial charge is 0.335 e. The Morgan fingerprint density at radius 3 is 2.42 bits per heavy atom. The van der Waals surface area contributed by atoms with E-state index >= 15 is 0 Å². The van der Waals surface area contributed by atoms with Gasteiger partial charge in [-0.2, -0.15) is 0 Å². The Morgan fingerprint density at radius 2 is 1.83 bits per heavy atom. The zero-order valence-electron chi connectivity index (χ0n) is 13.8. The molecule has 132 valence electrons. The fourth-order valence-electron chi connectivity index (χ4n) is 2.75. The summed E-state index contributed by atoms with van der Waals surface area (Å²) in [5.41, 5.74) is 0. The summed E-state index contributed by atoms with van der Waals surface area (Å²) in [5, 5.41) is 11.4. The molecule has 1 aliphatic heterocycles. The van der Waals surface area contributed by atoms with Crippen LogP contribution in [0.3, 0.4) is 0 Å². The highest BCUT2D eigenvalue weighted by atomic mass is 32.2. The zero-order chi connectivity index (χ0) is 17.9. The molecular weight excluding hydrogens is 332 g/mol. The van der Waals surface area contributed by atoms with Crippen LogP contribution in [0.15, 0.2) is 46.7 Å². The average Bonchev–Trinajstić information content (AvgIpc) is 2.59. The summed E-state index contributed by atoms with van der Waals surface area (Å²) in [6.45, 7) is 3.45. The van der Waals surface area contributed by atoms with Gasteiger partial charge in [0, 0.05) is 17.2 Å². The molecule has 2 rings (SSSR count). The molecule has 0 unspecified atom stereocenters. The van der Waals surface area contributed by atoms with Gasteiger partial charge >= 0.3 is 5.97 Å². The van der Waals surface area contributed by atoms with Crippen molar-refractivity contribution in [1.29, 1.82) is 0 Å². The Hall–Kier alpha value is -1.70. The van der Waals surface area contributed by atoms with Gasteiger partial charge in [-0.05, 0) is 18.2 Å². The summed E-state index contributed by atoms with van der Waals surface area (Å²) in [6.07, 6.45) is -1.08. The summed E-state index contributed by atoms with van der Waals surface area (Å²) in [5.74, 6) is -1.39. The molecule has 5 atom stereocenters. The summed E-state index contributed by atoms with van der Waals surface area (Å²) in [6, 6.07) is 8.00. The maximum absolute atomic E-state index is 12.3. The third-order valence-electron chi connectivity index (χ3n) is 4.33. The van der Waals surface area contributed by atoms with Crippen LogP contribution in [0.1, 0.15) is 13.8 Å². The molecule has 0 bridgehead atoms. The standard InChI is InChI=1S/C17H22O6S/c1-11-14(23-16(17(19)22-3)12(2)15(11)18)9-10-24(20,21)13-7-5-4-6-8-13/h4-12,14-16,18H,1-3H3/b10-9+/t11-,12-,14+,15-,16+/m0/s1. The maximum atomic E-state index is 12.3. The molecule has 0 aromatic heterocycles. The van der Waals surface area contributed by atoms with Crippen molar-refractivity contribution in [3.63, 3.8) is 0 Å². The first kappa shape index (κ1) is 18.6. The van der Waals surface area contributed by atoms with E-state index in [0.717, 1.165) is 5.41 Å². The van der Waals surface area contributed by atoms with Crippen molar-refractivity contribution in [2.45, 2.75) is 37.1 Å². The molecule has 0 saturated carbocycles. The first-order valence-corrected chi connectivity index (χ1v) is 9.22. The van der Waals surface area contributed by atoms with Crippen molar-refractivity contribution < 1.29 is 27.8 Å². The van der Waals surface area contributed by atoms with E-state index in [0.29, 0.717) is 0 Å². The van der Waals surface area contributed by atoms with Gasteiger partial charge in [0.05, 0.1) is 24.2 Å². The molecule has 1 saturated heterocycles. The lowest BCUT2D eigenvalue weighted by Crippen LogP contribution is -2.51. The van der Waals surface area contributed by atoms with Crippen LogP contribution in [0.25, 0.3) is 0 Å². The number of esters is 1. The highest BCUT2D eigenvalue weighted by Crippen LogP contribution is 2.31. The summed E-state index contributed by atoms with van der Waals surface area (Å²) >= 11 is 0. The molecule has 0 spiro atoms. The first-order chi connectivity index (χ1) is 11.3. The molecule has 6 nitrogen and oxygen atoms in total. The number of hydrogen-bond donors (Lipinski definition) is 1. The van der Waals surface area contributed by atoms with Crippen LogP contribution < -0.4 is 0 Å². The Bertz CT molecular complexity index is 697. The Labute approximate surface area is 142 Å². The van der Waals surface area contributed by atoms with Crippen molar-refractivity contribution in [3.05, 3.63) is 41.8 Å². The van der Waals surface area contributed by atoms with Gasteiger partial charge in [-0.1, -0.05) is 32.0 Å². The van der Waals surface area contributed by atoms with Crippen LogP contribution in [-0.4, -0.2) is 44.9 Å². The third kappa shape index (κ3) is 3.85. The van der Waals surface area contributed by atoms with Crippen molar-refractivity contribution in [2.75, 3.05) is 7.11 Å². The Kier molecular flexibility index (Phi) is 5.79. The second-order valence-corrected chi connectivity index (χ2v) is 7.77. The Balaban J connectivity index is 2.22. The number of benzene rings is 1. The lowest BCUT2D eigenvalue weighted by atomic mass is 9.83. The molecule has 1 N–H and O–H groups in total. The van der Waals surface area contributed by atoms with Gasteiger partial charge < -0.3 is 14.6 Å². The molecule has 1 aromatic rings. The van der Waals surface area contributed by atoms with Gasteiger partial charge in [0.2, 0.25) is 0 Å². The van der Waals surface area contributed by atoms with Crippen LogP contribution in [0.4, 0.5) is 0 Å². The SMILES string of the molecule is COC(=O)[C@@H]1O[C@H](/C=C/S(=O)(=O)c2ccccc2)[C@H](C)[C@H](O)[C@@H]1C. The number of methoxy groups -OCH3 is 1. The predicted octanol–water partition coefficient (Wildman–Crippen LogP) is 1.55. The van der Waals surface area contributed by atoms with Gasteiger partial charge in [-0.15, -0.1) is 0 Å². The largest absolute Gasteiger partial charge is 0.467 e. The van der Waals surface area contributed by atoms with Gasteiger partial charge in [0.25, 0.3) is 0 Å². The van der Waals surface area contributed by atoms with Crippen LogP contribution in [0, 0.1) is 11.8 Å². The van der Waals surface area contributed by atoms with E-state index in [4.69, 9.17) is 4.74 Å². The number of sulfone groups is 1. The number of hydrogen-bond acceptors (Lipinski definition) is 6. The fraction of sp³-hybridized carbons (Fsp3) is 0.471. The van der Waals surface area contributed by atoms with E-state index in [9.17, 15) is 18.3 Å². The number of aliphatic hydroxyl groups excluding tert-OH is 1. The summed E-state index contributed by atoms with van der Waals surface area (Å²) < 4.78 is 35.0. The molecule has 24 heavy (non-hydrogen) atoms. The van der Waals surface area contributed by atoms with Crippen LogP contribution in [0.2, 0.25) is 0 Å². The van der Waals surface area contributed by atoms with Crippen molar-refractivity contribution in [3.8, 4) is 0 Å². The predicted molar refractivity (Wildman–Crippen MR) is 87.8 cm³/mol. The third-order valence-corrected chi connectivity index (χ3v) is 5.77. The minimum atomic E-state index is -3.62. The van der Waals surface area contributed by atoms with E-state index in [1.54, 1.807) is 32.0 Å². The Morgan fingerprint density at radius 1 is 1.21 bits per heavy atom. The summed E-state index contributed by atoms with van der Waals surface area (Å²) in [4.78, 5) is 12.0. The first-order valence-electron chi connectivity index (χ1n) is 7.67. The van der Waals surface area contributed by atoms with Crippen molar-refractivity contribution in [1.82, 2.24) is 0 Å². The lowest BCUT2D eigenvalue weighted by molar-refractivity contribution is -0.185. The van der Waals surface area contributed by atoms with E-state index in [1.165, 1.54) is 25.3 Å². The van der Waals surface area contributed by atoms with E-state index in [1.807, 2.05) is 0 Å². The molecule has 1 fully saturated rings. The minimum absolute atomic E-state index is 0.170. The van der Waals surface area contributed by atoms with Crippen LogP contribution >= 0.6 is 0 Å². The quantitative estimate of drug-likeness (QED) is 0.825. The van der Waals surface area contributed by atoms with Crippen LogP contribution in [0.5, 0.6) is 0 Å². The van der Waals surface area contributed by atoms with Crippen LogP contribution in [-0.2, 0) is 24.1 Å². The van der Waals surface area contributed by atoms with E-state index in [2.05, 4.69) is 4.74 Å².